The van der Waals surface area contributed by atoms with E-state index in [1.54, 1.807) is 64.1 Å². The topological polar surface area (TPSA) is 114 Å². The molecule has 0 saturated carbocycles. The third-order valence-corrected chi connectivity index (χ3v) is 7.65. The van der Waals surface area contributed by atoms with Gasteiger partial charge in [-0.15, -0.1) is 0 Å². The van der Waals surface area contributed by atoms with E-state index in [2.05, 4.69) is 20.6 Å². The predicted molar refractivity (Wildman–Crippen MR) is 146 cm³/mol. The predicted octanol–water partition coefficient (Wildman–Crippen LogP) is 5.82. The quantitative estimate of drug-likeness (QED) is 0.250. The molecule has 0 fully saturated rings. The number of rotatable bonds is 3. The number of imidazole rings is 2. The lowest BCUT2D eigenvalue weighted by Gasteiger charge is -2.15. The average molecular weight is 621 g/mol. The van der Waals surface area contributed by atoms with Gasteiger partial charge in [-0.1, -0.05) is 12.1 Å². The zero-order valence-electron chi connectivity index (χ0n) is 23.7. The maximum absolute atomic E-state index is 12.6. The summed E-state index contributed by atoms with van der Waals surface area (Å²) in [6.45, 7) is 7.19. The van der Waals surface area contributed by atoms with Gasteiger partial charge in [0, 0.05) is 35.1 Å². The van der Waals surface area contributed by atoms with Gasteiger partial charge in [0.1, 0.15) is 0 Å². The second-order valence-corrected chi connectivity index (χ2v) is 11.4. The van der Waals surface area contributed by atoms with Crippen molar-refractivity contribution in [3.8, 4) is 11.4 Å². The SMILES string of the molecule is CC1(C)C(=O)Nc2cc(-n3cnc(C(F)(F)F)c3)ccc21.CC1(C)C(=O)Nc2cc(-n3cnc(C(O)C(F)(F)F)c3)ccc21. The van der Waals surface area contributed by atoms with Crippen LogP contribution in [0.3, 0.4) is 0 Å². The molecule has 2 aromatic heterocycles. The van der Waals surface area contributed by atoms with Crippen LogP contribution in [0.25, 0.3) is 11.4 Å². The molecule has 2 aliphatic heterocycles. The van der Waals surface area contributed by atoms with Gasteiger partial charge in [0.25, 0.3) is 0 Å². The van der Waals surface area contributed by atoms with Crippen molar-refractivity contribution in [1.29, 1.82) is 0 Å². The van der Waals surface area contributed by atoms with Crippen LogP contribution >= 0.6 is 0 Å². The average Bonchev–Trinajstić information content (AvgIpc) is 3.70. The number of nitrogens with zero attached hydrogens (tertiary/aromatic N) is 4. The normalized spacial score (nSPS) is 17.2. The van der Waals surface area contributed by atoms with Gasteiger partial charge in [-0.05, 0) is 63.1 Å². The molecule has 1 unspecified atom stereocenters. The summed E-state index contributed by atoms with van der Waals surface area (Å²) in [7, 11) is 0. The van der Waals surface area contributed by atoms with Gasteiger partial charge in [0.2, 0.25) is 11.8 Å². The molecule has 1 atom stereocenters. The van der Waals surface area contributed by atoms with Gasteiger partial charge in [0.05, 0.1) is 29.2 Å². The van der Waals surface area contributed by atoms with Gasteiger partial charge in [-0.2, -0.15) is 26.3 Å². The smallest absolute Gasteiger partial charge is 0.378 e. The molecule has 6 rings (SSSR count). The molecule has 4 heterocycles. The zero-order valence-corrected chi connectivity index (χ0v) is 23.7. The summed E-state index contributed by atoms with van der Waals surface area (Å²) in [5, 5.41) is 14.7. The Kier molecular flexibility index (Phi) is 7.15. The Bertz CT molecular complexity index is 1770. The van der Waals surface area contributed by atoms with Crippen molar-refractivity contribution in [3.05, 3.63) is 84.0 Å². The van der Waals surface area contributed by atoms with Gasteiger partial charge >= 0.3 is 12.4 Å². The van der Waals surface area contributed by atoms with E-state index in [9.17, 15) is 41.0 Å². The van der Waals surface area contributed by atoms with Crippen molar-refractivity contribution in [3.63, 3.8) is 0 Å². The first-order valence-corrected chi connectivity index (χ1v) is 13.1. The molecule has 44 heavy (non-hydrogen) atoms. The Hall–Kier alpha value is -4.66. The highest BCUT2D eigenvalue weighted by molar-refractivity contribution is 6.06. The summed E-state index contributed by atoms with van der Waals surface area (Å²) in [4.78, 5) is 30.7. The van der Waals surface area contributed by atoms with E-state index in [0.717, 1.165) is 29.8 Å². The summed E-state index contributed by atoms with van der Waals surface area (Å²) in [6.07, 6.45) is -7.55. The van der Waals surface area contributed by atoms with Crippen LogP contribution in [0.1, 0.15) is 56.3 Å². The van der Waals surface area contributed by atoms with Crippen LogP contribution in [0.5, 0.6) is 0 Å². The molecule has 2 aromatic carbocycles. The van der Waals surface area contributed by atoms with E-state index in [1.807, 2.05) is 0 Å². The number of hydrogen-bond acceptors (Lipinski definition) is 5. The number of aliphatic hydroxyl groups excluding tert-OH is 1. The number of hydrogen-bond donors (Lipinski definition) is 3. The van der Waals surface area contributed by atoms with E-state index in [0.29, 0.717) is 22.7 Å². The van der Waals surface area contributed by atoms with Crippen LogP contribution < -0.4 is 10.6 Å². The molecule has 2 aliphatic rings. The lowest BCUT2D eigenvalue weighted by Crippen LogP contribution is -2.26. The van der Waals surface area contributed by atoms with Crippen LogP contribution in [0.15, 0.2) is 61.4 Å². The first-order valence-electron chi connectivity index (χ1n) is 13.1. The summed E-state index contributed by atoms with van der Waals surface area (Å²) in [6, 6.07) is 10.2. The van der Waals surface area contributed by atoms with Gasteiger partial charge in [0.15, 0.2) is 11.8 Å². The fraction of sp³-hybridized carbons (Fsp3) is 0.310. The first-order chi connectivity index (χ1) is 20.3. The zero-order chi connectivity index (χ0) is 32.4. The Balaban J connectivity index is 0.000000175. The highest BCUT2D eigenvalue weighted by Gasteiger charge is 2.42. The van der Waals surface area contributed by atoms with E-state index in [-0.39, 0.29) is 11.8 Å². The number of benzene rings is 2. The van der Waals surface area contributed by atoms with Crippen LogP contribution in [0, 0.1) is 0 Å². The minimum absolute atomic E-state index is 0.128. The first kappa shape index (κ1) is 30.8. The second-order valence-electron chi connectivity index (χ2n) is 11.4. The third-order valence-electron chi connectivity index (χ3n) is 7.65. The van der Waals surface area contributed by atoms with E-state index in [1.165, 1.54) is 15.5 Å². The second kappa shape index (κ2) is 10.2. The van der Waals surface area contributed by atoms with Crippen LogP contribution in [0.4, 0.5) is 37.7 Å². The van der Waals surface area contributed by atoms with Crippen LogP contribution in [-0.2, 0) is 26.6 Å². The number of halogens is 6. The summed E-state index contributed by atoms with van der Waals surface area (Å²) in [5.41, 5.74) is 1.20. The number of aliphatic hydroxyl groups is 1. The molecule has 3 N–H and O–H groups in total. The summed E-state index contributed by atoms with van der Waals surface area (Å²) >= 11 is 0. The number of alkyl halides is 6. The minimum atomic E-state index is -4.77. The maximum Gasteiger partial charge on any atom is 0.434 e. The van der Waals surface area contributed by atoms with E-state index in [4.69, 9.17) is 0 Å². The lowest BCUT2D eigenvalue weighted by molar-refractivity contribution is -0.207. The van der Waals surface area contributed by atoms with Crippen molar-refractivity contribution in [2.75, 3.05) is 10.6 Å². The van der Waals surface area contributed by atoms with E-state index < -0.39 is 40.7 Å². The number of fused-ring (bicyclic) bond motifs is 2. The number of amides is 2. The molecule has 0 bridgehead atoms. The fourth-order valence-electron chi connectivity index (χ4n) is 4.88. The molecule has 232 valence electrons. The molecule has 2 amide bonds. The standard InChI is InChI=1S/C15H14F3N3O2.C14H12F3N3O/c1-14(2)9-4-3-8(5-10(9)20-13(14)23)21-6-11(19-7-21)12(22)15(16,17)18;1-13(2)9-4-3-8(5-10(9)19-12(13)21)20-6-11(18-7-20)14(15,16)17/h3-7,12,22H,1-2H3,(H,20,23);3-7H,1-2H3,(H,19,21). The monoisotopic (exact) mass is 620 g/mol. The van der Waals surface area contributed by atoms with Crippen molar-refractivity contribution < 1.29 is 41.0 Å². The van der Waals surface area contributed by atoms with Gasteiger partial charge < -0.3 is 24.9 Å². The lowest BCUT2D eigenvalue weighted by atomic mass is 9.86. The molecule has 0 spiro atoms. The van der Waals surface area contributed by atoms with Crippen molar-refractivity contribution >= 4 is 23.2 Å². The highest BCUT2D eigenvalue weighted by Crippen LogP contribution is 2.40. The van der Waals surface area contributed by atoms with Crippen molar-refractivity contribution in [2.24, 2.45) is 0 Å². The third kappa shape index (κ3) is 5.42. The van der Waals surface area contributed by atoms with Crippen LogP contribution in [-0.4, -0.2) is 42.2 Å². The molecular formula is C29H26F6N6O3. The number of carbonyl (C=O) groups is 2. The molecule has 4 aromatic rings. The van der Waals surface area contributed by atoms with Gasteiger partial charge in [-0.3, -0.25) is 9.59 Å². The molecular weight excluding hydrogens is 594 g/mol. The summed E-state index contributed by atoms with van der Waals surface area (Å²) in [5.74, 6) is -0.264. The van der Waals surface area contributed by atoms with E-state index >= 15 is 0 Å². The molecule has 0 radical (unpaired) electrons. The van der Waals surface area contributed by atoms with Crippen molar-refractivity contribution in [1.82, 2.24) is 19.1 Å². The minimum Gasteiger partial charge on any atom is -0.378 e. The Morgan fingerprint density at radius 3 is 1.64 bits per heavy atom. The molecule has 9 nitrogen and oxygen atoms in total. The Morgan fingerprint density at radius 1 is 0.750 bits per heavy atom. The largest absolute Gasteiger partial charge is 0.434 e. The van der Waals surface area contributed by atoms with Crippen molar-refractivity contribution in [2.45, 2.75) is 57.0 Å². The molecule has 0 aliphatic carbocycles. The number of anilines is 2. The fourth-order valence-corrected chi connectivity index (χ4v) is 4.88. The Morgan fingerprint density at radius 2 is 1.20 bits per heavy atom. The van der Waals surface area contributed by atoms with Crippen LogP contribution in [0.2, 0.25) is 0 Å². The molecule has 15 heteroatoms. The Labute approximate surface area is 246 Å². The number of carbonyl (C=O) groups excluding carboxylic acids is 2. The van der Waals surface area contributed by atoms with Gasteiger partial charge in [-0.25, -0.2) is 9.97 Å². The molecule has 0 saturated heterocycles. The highest BCUT2D eigenvalue weighted by atomic mass is 19.4. The number of nitrogens with one attached hydrogen (secondary N) is 2. The summed E-state index contributed by atoms with van der Waals surface area (Å²) < 4.78 is 77.8. The maximum atomic E-state index is 12.6. The number of aromatic nitrogens is 4.